The molecule has 1 atom stereocenters. The number of rotatable bonds is 3. The molecule has 0 fully saturated rings. The molecule has 2 aliphatic carbocycles. The Hall–Kier alpha value is -7.02. The molecule has 0 spiro atoms. The quantitative estimate of drug-likeness (QED) is 0.182. The zero-order valence-corrected chi connectivity index (χ0v) is 32.0. The van der Waals surface area contributed by atoms with Crippen molar-refractivity contribution in [3.8, 4) is 17.2 Å². The van der Waals surface area contributed by atoms with E-state index >= 15 is 0 Å². The Morgan fingerprint density at radius 2 is 1.59 bits per heavy atom. The van der Waals surface area contributed by atoms with Crippen molar-refractivity contribution in [1.82, 2.24) is 19.5 Å². The lowest BCUT2D eigenvalue weighted by Crippen LogP contribution is -2.03. The molecule has 58 heavy (non-hydrogen) atoms. The summed E-state index contributed by atoms with van der Waals surface area (Å²) in [7, 11) is 0. The van der Waals surface area contributed by atoms with Gasteiger partial charge in [0.2, 0.25) is 0 Å². The molecule has 0 aliphatic heterocycles. The van der Waals surface area contributed by atoms with Gasteiger partial charge in [-0.2, -0.15) is 0 Å². The van der Waals surface area contributed by atoms with Crippen LogP contribution in [0.5, 0.6) is 0 Å². The molecule has 272 valence electrons. The number of nitrogens with one attached hydrogen (secondary N) is 1. The van der Waals surface area contributed by atoms with Crippen molar-refractivity contribution in [3.05, 3.63) is 156 Å². The Morgan fingerprint density at radius 3 is 2.50 bits per heavy atom. The maximum Gasteiger partial charge on any atom is 0.162 e. The first-order chi connectivity index (χ1) is 28.7. The largest absolute Gasteiger partial charge is 0.454 e. The van der Waals surface area contributed by atoms with Crippen LogP contribution in [-0.4, -0.2) is 19.5 Å². The van der Waals surface area contributed by atoms with Crippen LogP contribution in [0.2, 0.25) is 0 Å². The number of thiophene rings is 1. The van der Waals surface area contributed by atoms with Crippen molar-refractivity contribution in [3.63, 3.8) is 0 Å². The summed E-state index contributed by atoms with van der Waals surface area (Å²) in [5.41, 5.74) is 12.1. The van der Waals surface area contributed by atoms with Crippen LogP contribution in [0.1, 0.15) is 35.4 Å². The van der Waals surface area contributed by atoms with Gasteiger partial charge in [-0.3, -0.25) is 4.57 Å². The van der Waals surface area contributed by atoms with Crippen LogP contribution in [0.25, 0.3) is 120 Å². The van der Waals surface area contributed by atoms with Gasteiger partial charge >= 0.3 is 0 Å². The maximum absolute atomic E-state index is 6.98. The second-order valence-electron chi connectivity index (χ2n) is 16.0. The van der Waals surface area contributed by atoms with E-state index in [9.17, 15) is 0 Å². The smallest absolute Gasteiger partial charge is 0.162 e. The van der Waals surface area contributed by atoms with Crippen LogP contribution in [0, 0.1) is 0 Å². The second-order valence-corrected chi connectivity index (χ2v) is 17.0. The molecule has 1 unspecified atom stereocenters. The number of furan rings is 1. The normalized spacial score (nSPS) is 15.7. The van der Waals surface area contributed by atoms with Crippen molar-refractivity contribution < 1.29 is 4.42 Å². The zero-order valence-electron chi connectivity index (χ0n) is 31.2. The number of allylic oxidation sites excluding steroid dienone is 5. The molecular weight excluding hydrogens is 729 g/mol. The zero-order chi connectivity index (χ0) is 37.6. The summed E-state index contributed by atoms with van der Waals surface area (Å²) in [6, 6.07) is 39.8. The molecule has 5 heterocycles. The molecule has 5 aromatic heterocycles. The minimum atomic E-state index is 0.314. The lowest BCUT2D eigenvalue weighted by atomic mass is 9.91. The number of aromatic nitrogens is 4. The number of nitrogens with zero attached hydrogens (tertiary/aromatic N) is 3. The molecular formula is C52H32N4OS. The lowest BCUT2D eigenvalue weighted by Gasteiger charge is -2.15. The van der Waals surface area contributed by atoms with Gasteiger partial charge in [-0.25, -0.2) is 9.97 Å². The molecule has 2 aliphatic rings. The lowest BCUT2D eigenvalue weighted by molar-refractivity contribution is 0.671. The van der Waals surface area contributed by atoms with Crippen LogP contribution in [-0.2, 0) is 6.42 Å². The molecule has 6 heteroatoms. The summed E-state index contributed by atoms with van der Waals surface area (Å²) in [5, 5.41) is 10.7. The predicted octanol–water partition coefficient (Wildman–Crippen LogP) is 14.3. The molecule has 0 amide bonds. The molecule has 0 saturated heterocycles. The summed E-state index contributed by atoms with van der Waals surface area (Å²) in [4.78, 5) is 15.2. The fraction of sp³-hybridized carbons (Fsp3) is 0.0769. The number of fused-ring (bicyclic) bond motifs is 13. The van der Waals surface area contributed by atoms with Crippen molar-refractivity contribution in [2.45, 2.75) is 25.2 Å². The van der Waals surface area contributed by atoms with E-state index in [0.29, 0.717) is 5.92 Å². The average Bonchev–Trinajstić information content (AvgIpc) is 4.05. The van der Waals surface area contributed by atoms with Gasteiger partial charge in [0.25, 0.3) is 0 Å². The van der Waals surface area contributed by atoms with Gasteiger partial charge in [0.05, 0.1) is 26.8 Å². The van der Waals surface area contributed by atoms with Gasteiger partial charge in [-0.15, -0.1) is 11.3 Å². The van der Waals surface area contributed by atoms with Crippen molar-refractivity contribution in [2.75, 3.05) is 0 Å². The highest BCUT2D eigenvalue weighted by molar-refractivity contribution is 7.26. The predicted molar refractivity (Wildman–Crippen MR) is 243 cm³/mol. The Kier molecular flexibility index (Phi) is 6.06. The first kappa shape index (κ1) is 31.1. The van der Waals surface area contributed by atoms with Crippen molar-refractivity contribution in [1.29, 1.82) is 0 Å². The van der Waals surface area contributed by atoms with Crippen LogP contribution >= 0.6 is 11.3 Å². The van der Waals surface area contributed by atoms with E-state index in [1.54, 1.807) is 0 Å². The van der Waals surface area contributed by atoms with Gasteiger partial charge in [-0.1, -0.05) is 109 Å². The summed E-state index contributed by atoms with van der Waals surface area (Å²) < 4.78 is 11.7. The number of H-pyrrole nitrogens is 1. The fourth-order valence-electron chi connectivity index (χ4n) is 10.3. The average molecular weight is 761 g/mol. The van der Waals surface area contributed by atoms with E-state index in [2.05, 4.69) is 155 Å². The number of hydrogen-bond donors (Lipinski definition) is 1. The third-order valence-electron chi connectivity index (χ3n) is 12.9. The van der Waals surface area contributed by atoms with Gasteiger partial charge in [-0.05, 0) is 83.1 Å². The van der Waals surface area contributed by atoms with Crippen LogP contribution < -0.4 is 0 Å². The van der Waals surface area contributed by atoms with Gasteiger partial charge in [0.1, 0.15) is 5.58 Å². The standard InChI is InChI=1S/C52H32N4OS/c1-2-11-28(12-3-1)30-14-10-15-33(25-30)51-54-46-44-34-16-5-4-13-29(34)23-24-41(44)58-50(46)52(55-51)56-47-42-31(26-37-35-17-6-8-19-39(35)53-45(37)47)21-22-32-27-38-36-18-7-9-20-40(36)57-49(38)48(56)43(32)42/h1-4,6-11,13-15,17-28,53H,5,12,16H2. The monoisotopic (exact) mass is 760 g/mol. The molecule has 0 saturated carbocycles. The van der Waals surface area contributed by atoms with Gasteiger partial charge in [0, 0.05) is 59.4 Å². The Morgan fingerprint density at radius 1 is 0.724 bits per heavy atom. The molecule has 7 aromatic carbocycles. The second kappa shape index (κ2) is 11.3. The third kappa shape index (κ3) is 4.09. The maximum atomic E-state index is 6.98. The number of aromatic amines is 1. The van der Waals surface area contributed by atoms with E-state index in [0.717, 1.165) is 90.7 Å². The number of benzene rings is 7. The highest BCUT2D eigenvalue weighted by atomic mass is 32.1. The molecule has 12 aromatic rings. The number of hydrogen-bond acceptors (Lipinski definition) is 4. The molecule has 14 rings (SSSR count). The molecule has 5 nitrogen and oxygen atoms in total. The van der Waals surface area contributed by atoms with Crippen molar-refractivity contribution in [2.24, 2.45) is 0 Å². The van der Waals surface area contributed by atoms with E-state index in [1.165, 1.54) is 59.1 Å². The van der Waals surface area contributed by atoms with E-state index in [1.807, 2.05) is 11.3 Å². The van der Waals surface area contributed by atoms with Crippen LogP contribution in [0.15, 0.2) is 144 Å². The van der Waals surface area contributed by atoms with E-state index in [4.69, 9.17) is 14.4 Å². The minimum Gasteiger partial charge on any atom is -0.454 e. The third-order valence-corrected chi connectivity index (χ3v) is 14.0. The SMILES string of the molecule is C1=CCC(c2cccc(-c3nc(-n4c5c6[nH]c7ccccc7c6cc6ccc7cc8c9ccccc9oc8c4c7c65)c4sc5ccc6c(c5c4n3)CCC=C6)c2)C=C1. The summed E-state index contributed by atoms with van der Waals surface area (Å²) in [6.07, 6.45) is 16.4. The van der Waals surface area contributed by atoms with Gasteiger partial charge in [0.15, 0.2) is 17.2 Å². The first-order valence-corrected chi connectivity index (χ1v) is 21.0. The highest BCUT2D eigenvalue weighted by Gasteiger charge is 2.29. The van der Waals surface area contributed by atoms with E-state index < -0.39 is 0 Å². The van der Waals surface area contributed by atoms with Gasteiger partial charge < -0.3 is 9.40 Å². The Labute approximate surface area is 335 Å². The summed E-state index contributed by atoms with van der Waals surface area (Å²) in [6.45, 7) is 0. The number of para-hydroxylation sites is 2. The molecule has 0 radical (unpaired) electrons. The molecule has 0 bridgehead atoms. The summed E-state index contributed by atoms with van der Waals surface area (Å²) >= 11 is 1.81. The molecule has 1 N–H and O–H groups in total. The topological polar surface area (TPSA) is 59.6 Å². The minimum absolute atomic E-state index is 0.314. The number of aryl methyl sites for hydroxylation is 1. The van der Waals surface area contributed by atoms with Crippen LogP contribution in [0.4, 0.5) is 0 Å². The van der Waals surface area contributed by atoms with E-state index in [-0.39, 0.29) is 0 Å². The van der Waals surface area contributed by atoms with Crippen LogP contribution in [0.3, 0.4) is 0 Å². The Balaban J connectivity index is 1.21. The Bertz CT molecular complexity index is 3710. The van der Waals surface area contributed by atoms with Crippen molar-refractivity contribution >= 4 is 114 Å². The highest BCUT2D eigenvalue weighted by Crippen LogP contribution is 2.50. The fourth-order valence-corrected chi connectivity index (χ4v) is 11.4. The first-order valence-electron chi connectivity index (χ1n) is 20.2. The summed E-state index contributed by atoms with van der Waals surface area (Å²) in [5.74, 6) is 1.92.